The van der Waals surface area contributed by atoms with Gasteiger partial charge in [0.25, 0.3) is 0 Å². The number of hydrogen-bond donors (Lipinski definition) is 1. The number of halogens is 1. The molecule has 6 nitrogen and oxygen atoms in total. The number of nitrogens with one attached hydrogen (secondary N) is 1. The van der Waals surface area contributed by atoms with E-state index in [2.05, 4.69) is 14.7 Å². The largest absolute Gasteiger partial charge is 0.240 e. The molecule has 0 aliphatic rings. The minimum absolute atomic E-state index is 0.0398. The van der Waals surface area contributed by atoms with Crippen LogP contribution in [0.5, 0.6) is 0 Å². The zero-order valence-corrected chi connectivity index (χ0v) is 13.9. The summed E-state index contributed by atoms with van der Waals surface area (Å²) in [5.74, 6) is 0. The summed E-state index contributed by atoms with van der Waals surface area (Å²) in [6.07, 6.45) is 0. The highest BCUT2D eigenvalue weighted by Crippen LogP contribution is 2.20. The fraction of sp³-hybridized carbons (Fsp3) is 0.200. The van der Waals surface area contributed by atoms with E-state index in [-0.39, 0.29) is 11.4 Å². The van der Waals surface area contributed by atoms with Crippen molar-refractivity contribution in [2.45, 2.75) is 17.9 Å². The first-order valence-corrected chi connectivity index (χ1v) is 8.64. The van der Waals surface area contributed by atoms with Gasteiger partial charge in [0.2, 0.25) is 10.0 Å². The van der Waals surface area contributed by atoms with Gasteiger partial charge in [0, 0.05) is 16.5 Å². The van der Waals surface area contributed by atoms with E-state index in [4.69, 9.17) is 17.1 Å². The van der Waals surface area contributed by atoms with Gasteiger partial charge >= 0.3 is 0 Å². The van der Waals surface area contributed by atoms with E-state index in [0.29, 0.717) is 10.6 Å². The Hall–Kier alpha value is -2.05. The van der Waals surface area contributed by atoms with E-state index >= 15 is 0 Å². The molecule has 0 heterocycles. The fourth-order valence-electron chi connectivity index (χ4n) is 1.96. The van der Waals surface area contributed by atoms with Crippen molar-refractivity contribution in [2.24, 2.45) is 5.11 Å². The monoisotopic (exact) mass is 350 g/mol. The van der Waals surface area contributed by atoms with Crippen LogP contribution in [0.4, 0.5) is 0 Å². The highest BCUT2D eigenvalue weighted by molar-refractivity contribution is 7.89. The maximum atomic E-state index is 12.3. The van der Waals surface area contributed by atoms with Crippen LogP contribution in [0, 0.1) is 6.92 Å². The van der Waals surface area contributed by atoms with Gasteiger partial charge < -0.3 is 0 Å². The molecule has 2 aromatic rings. The number of hydrogen-bond acceptors (Lipinski definition) is 3. The van der Waals surface area contributed by atoms with Crippen LogP contribution in [0.3, 0.4) is 0 Å². The van der Waals surface area contributed by atoms with Crippen molar-refractivity contribution in [3.8, 4) is 0 Å². The molecule has 0 saturated heterocycles. The molecule has 1 unspecified atom stereocenters. The summed E-state index contributed by atoms with van der Waals surface area (Å²) in [7, 11) is -3.67. The maximum absolute atomic E-state index is 12.3. The van der Waals surface area contributed by atoms with E-state index in [0.717, 1.165) is 5.56 Å². The molecule has 0 aliphatic heterocycles. The Morgan fingerprint density at radius 3 is 2.35 bits per heavy atom. The van der Waals surface area contributed by atoms with Crippen molar-refractivity contribution in [1.82, 2.24) is 4.72 Å². The molecule has 0 radical (unpaired) electrons. The first-order valence-electron chi connectivity index (χ1n) is 6.78. The van der Waals surface area contributed by atoms with E-state index < -0.39 is 16.1 Å². The van der Waals surface area contributed by atoms with Gasteiger partial charge in [-0.05, 0) is 42.3 Å². The van der Waals surface area contributed by atoms with Gasteiger partial charge in [-0.15, -0.1) is 0 Å². The third kappa shape index (κ3) is 4.71. The molecule has 0 saturated carbocycles. The summed E-state index contributed by atoms with van der Waals surface area (Å²) in [5, 5.41) is 4.20. The van der Waals surface area contributed by atoms with Gasteiger partial charge in [-0.2, -0.15) is 0 Å². The molecule has 2 rings (SSSR count). The molecule has 0 amide bonds. The Labute approximate surface area is 139 Å². The van der Waals surface area contributed by atoms with Crippen molar-refractivity contribution >= 4 is 21.6 Å². The minimum atomic E-state index is -3.67. The van der Waals surface area contributed by atoms with Crippen LogP contribution in [0.15, 0.2) is 58.5 Å². The second-order valence-corrected chi connectivity index (χ2v) is 7.14. The van der Waals surface area contributed by atoms with Gasteiger partial charge in [-0.25, -0.2) is 13.1 Å². The quantitative estimate of drug-likeness (QED) is 0.484. The Kier molecular flexibility index (Phi) is 5.63. The number of rotatable bonds is 6. The molecule has 120 valence electrons. The summed E-state index contributed by atoms with van der Waals surface area (Å²) in [4.78, 5) is 2.94. The molecular formula is C15H15ClN4O2S. The molecule has 8 heteroatoms. The number of nitrogens with zero attached hydrogens (tertiary/aromatic N) is 3. The van der Waals surface area contributed by atoms with Crippen LogP contribution >= 0.6 is 11.6 Å². The molecule has 0 fully saturated rings. The van der Waals surface area contributed by atoms with Crippen LogP contribution < -0.4 is 4.72 Å². The Morgan fingerprint density at radius 2 is 1.78 bits per heavy atom. The highest BCUT2D eigenvalue weighted by atomic mass is 35.5. The van der Waals surface area contributed by atoms with E-state index in [1.165, 1.54) is 12.1 Å². The van der Waals surface area contributed by atoms with Crippen LogP contribution in [-0.2, 0) is 10.0 Å². The highest BCUT2D eigenvalue weighted by Gasteiger charge is 2.17. The predicted octanol–water partition coefficient (Wildman–Crippen LogP) is 3.98. The van der Waals surface area contributed by atoms with Crippen molar-refractivity contribution in [1.29, 1.82) is 0 Å². The van der Waals surface area contributed by atoms with Crippen molar-refractivity contribution < 1.29 is 8.42 Å². The molecule has 2 aromatic carbocycles. The minimum Gasteiger partial charge on any atom is -0.210 e. The average molecular weight is 351 g/mol. The van der Waals surface area contributed by atoms with Crippen LogP contribution in [0.25, 0.3) is 10.4 Å². The first kappa shape index (κ1) is 17.3. The number of azide groups is 1. The molecule has 0 spiro atoms. The summed E-state index contributed by atoms with van der Waals surface area (Å²) in [6.45, 7) is 1.84. The molecule has 1 N–H and O–H groups in total. The lowest BCUT2D eigenvalue weighted by molar-refractivity contribution is 0.572. The van der Waals surface area contributed by atoms with E-state index in [9.17, 15) is 8.42 Å². The zero-order chi connectivity index (χ0) is 16.9. The summed E-state index contributed by atoms with van der Waals surface area (Å²) in [5.41, 5.74) is 10.3. The second kappa shape index (κ2) is 7.48. The van der Waals surface area contributed by atoms with Crippen LogP contribution in [0.1, 0.15) is 17.2 Å². The van der Waals surface area contributed by atoms with Gasteiger partial charge in [-0.1, -0.05) is 46.5 Å². The Balaban J connectivity index is 2.16. The topological polar surface area (TPSA) is 94.9 Å². The third-order valence-corrected chi connectivity index (χ3v) is 4.94. The van der Waals surface area contributed by atoms with Crippen molar-refractivity contribution in [3.63, 3.8) is 0 Å². The molecule has 0 aliphatic carbocycles. The molecule has 0 bridgehead atoms. The summed E-state index contributed by atoms with van der Waals surface area (Å²) < 4.78 is 27.0. The van der Waals surface area contributed by atoms with E-state index in [1.54, 1.807) is 36.4 Å². The van der Waals surface area contributed by atoms with Crippen LogP contribution in [-0.4, -0.2) is 15.0 Å². The molecule has 0 aromatic heterocycles. The normalized spacial score (nSPS) is 12.4. The Bertz CT molecular complexity index is 814. The molecule has 23 heavy (non-hydrogen) atoms. The maximum Gasteiger partial charge on any atom is 0.240 e. The SMILES string of the molecule is Cc1ccc(S(=O)(=O)NCC(N=[N+]=[N-])c2ccc(Cl)cc2)cc1. The van der Waals surface area contributed by atoms with Gasteiger partial charge in [0.15, 0.2) is 0 Å². The lowest BCUT2D eigenvalue weighted by atomic mass is 10.1. The van der Waals surface area contributed by atoms with E-state index in [1.807, 2.05) is 6.92 Å². The second-order valence-electron chi connectivity index (χ2n) is 4.94. The lowest BCUT2D eigenvalue weighted by Crippen LogP contribution is -2.28. The van der Waals surface area contributed by atoms with Crippen molar-refractivity contribution in [2.75, 3.05) is 6.54 Å². The average Bonchev–Trinajstić information content (AvgIpc) is 2.53. The number of aryl methyl sites for hydroxylation is 1. The third-order valence-electron chi connectivity index (χ3n) is 3.24. The summed E-state index contributed by atoms with van der Waals surface area (Å²) >= 11 is 5.82. The van der Waals surface area contributed by atoms with Gasteiger partial charge in [-0.3, -0.25) is 0 Å². The van der Waals surface area contributed by atoms with Crippen molar-refractivity contribution in [3.05, 3.63) is 75.1 Å². The summed E-state index contributed by atoms with van der Waals surface area (Å²) in [6, 6.07) is 12.6. The fourth-order valence-corrected chi connectivity index (χ4v) is 3.13. The van der Waals surface area contributed by atoms with Crippen LogP contribution in [0.2, 0.25) is 5.02 Å². The van der Waals surface area contributed by atoms with Gasteiger partial charge in [0.05, 0.1) is 10.9 Å². The smallest absolute Gasteiger partial charge is 0.210 e. The molecular weight excluding hydrogens is 336 g/mol. The zero-order valence-electron chi connectivity index (χ0n) is 12.3. The Morgan fingerprint density at radius 1 is 1.17 bits per heavy atom. The van der Waals surface area contributed by atoms with Gasteiger partial charge in [0.1, 0.15) is 0 Å². The number of benzene rings is 2. The lowest BCUT2D eigenvalue weighted by Gasteiger charge is -2.13. The predicted molar refractivity (Wildman–Crippen MR) is 89.7 cm³/mol. The standard InChI is InChI=1S/C15H15ClN4O2S/c1-11-2-8-14(9-3-11)23(21,22)18-10-15(19-20-17)12-4-6-13(16)7-5-12/h2-9,15,18H,10H2,1H3. The first-order chi connectivity index (χ1) is 10.9. The molecule has 1 atom stereocenters. The number of sulfonamides is 1.